The van der Waals surface area contributed by atoms with Gasteiger partial charge in [0.15, 0.2) is 0 Å². The summed E-state index contributed by atoms with van der Waals surface area (Å²) >= 11 is 0. The van der Waals surface area contributed by atoms with E-state index >= 15 is 0 Å². The van der Waals surface area contributed by atoms with Gasteiger partial charge in [0.2, 0.25) is 0 Å². The molecule has 0 saturated carbocycles. The fourth-order valence-corrected chi connectivity index (χ4v) is 5.17. The highest BCUT2D eigenvalue weighted by molar-refractivity contribution is 5.64. The van der Waals surface area contributed by atoms with E-state index in [0.29, 0.717) is 19.6 Å². The molecule has 1 aromatic rings. The zero-order valence-corrected chi connectivity index (χ0v) is 25.6. The Morgan fingerprint density at radius 3 is 1.74 bits per heavy atom. The van der Waals surface area contributed by atoms with E-state index in [1.54, 1.807) is 14.2 Å². The molecule has 0 aliphatic carbocycles. The SMILES string of the molecule is CCCCCCCCCCCCCCCCCC(CC(C)(COCc1ccc(CO)cc1)OC)N(C)C(=O)O. The summed E-state index contributed by atoms with van der Waals surface area (Å²) in [6.45, 7) is 5.13. The van der Waals surface area contributed by atoms with Crippen molar-refractivity contribution in [1.29, 1.82) is 0 Å². The second-order valence-corrected chi connectivity index (χ2v) is 11.6. The van der Waals surface area contributed by atoms with Crippen LogP contribution in [-0.2, 0) is 22.7 Å². The van der Waals surface area contributed by atoms with Crippen LogP contribution in [0.4, 0.5) is 4.79 Å². The number of rotatable bonds is 25. The van der Waals surface area contributed by atoms with E-state index in [1.165, 1.54) is 88.4 Å². The number of carboxylic acid groups (broad SMARTS) is 1. The van der Waals surface area contributed by atoms with Crippen LogP contribution in [0.3, 0.4) is 0 Å². The summed E-state index contributed by atoms with van der Waals surface area (Å²) in [5.74, 6) is 0. The van der Waals surface area contributed by atoms with Gasteiger partial charge in [-0.2, -0.15) is 0 Å². The van der Waals surface area contributed by atoms with Crippen molar-refractivity contribution in [2.45, 2.75) is 148 Å². The van der Waals surface area contributed by atoms with E-state index < -0.39 is 11.7 Å². The summed E-state index contributed by atoms with van der Waals surface area (Å²) in [5.41, 5.74) is 1.33. The molecule has 0 bridgehead atoms. The van der Waals surface area contributed by atoms with Crippen molar-refractivity contribution in [3.63, 3.8) is 0 Å². The third kappa shape index (κ3) is 16.9. The lowest BCUT2D eigenvalue weighted by atomic mass is 9.92. The number of nitrogens with zero attached hydrogens (tertiary/aromatic N) is 1. The number of benzene rings is 1. The third-order valence-electron chi connectivity index (χ3n) is 8.03. The Morgan fingerprint density at radius 2 is 1.31 bits per heavy atom. The zero-order chi connectivity index (χ0) is 28.8. The second-order valence-electron chi connectivity index (χ2n) is 11.6. The van der Waals surface area contributed by atoms with Crippen molar-refractivity contribution < 1.29 is 24.5 Å². The van der Waals surface area contributed by atoms with Crippen LogP contribution in [0, 0.1) is 0 Å². The smallest absolute Gasteiger partial charge is 0.407 e. The summed E-state index contributed by atoms with van der Waals surface area (Å²) in [4.78, 5) is 13.2. The molecule has 0 radical (unpaired) electrons. The van der Waals surface area contributed by atoms with E-state index in [1.807, 2.05) is 31.2 Å². The summed E-state index contributed by atoms with van der Waals surface area (Å²) in [6.07, 6.45) is 20.4. The molecule has 0 aromatic heterocycles. The standard InChI is InChI=1S/C33H59NO5/c1-5-6-7-8-9-10-11-12-13-14-15-16-17-18-19-20-31(34(3)32(36)37)25-33(2,38-4)28-39-27-30-23-21-29(26-35)22-24-30/h21-24,31,35H,5-20,25-28H2,1-4H3,(H,36,37). The molecule has 2 atom stereocenters. The van der Waals surface area contributed by atoms with Crippen LogP contribution in [0.25, 0.3) is 0 Å². The Morgan fingerprint density at radius 1 is 0.846 bits per heavy atom. The van der Waals surface area contributed by atoms with Crippen LogP contribution >= 0.6 is 0 Å². The van der Waals surface area contributed by atoms with Gasteiger partial charge in [0.25, 0.3) is 0 Å². The Hall–Kier alpha value is -1.63. The third-order valence-corrected chi connectivity index (χ3v) is 8.03. The van der Waals surface area contributed by atoms with Crippen molar-refractivity contribution in [3.05, 3.63) is 35.4 Å². The molecule has 226 valence electrons. The number of amides is 1. The van der Waals surface area contributed by atoms with Gasteiger partial charge in [-0.3, -0.25) is 0 Å². The Bertz CT molecular complexity index is 725. The summed E-state index contributed by atoms with van der Waals surface area (Å²) < 4.78 is 11.8. The molecule has 0 aliphatic heterocycles. The lowest BCUT2D eigenvalue weighted by Gasteiger charge is -2.35. The molecule has 1 rings (SSSR count). The van der Waals surface area contributed by atoms with Crippen molar-refractivity contribution >= 4 is 6.09 Å². The second kappa shape index (κ2) is 22.1. The fourth-order valence-electron chi connectivity index (χ4n) is 5.17. The Kier molecular flexibility index (Phi) is 20.1. The maximum absolute atomic E-state index is 11.8. The van der Waals surface area contributed by atoms with Crippen molar-refractivity contribution in [2.75, 3.05) is 20.8 Å². The van der Waals surface area contributed by atoms with Crippen LogP contribution in [0.5, 0.6) is 0 Å². The van der Waals surface area contributed by atoms with Crippen LogP contribution in [-0.4, -0.2) is 53.6 Å². The molecule has 39 heavy (non-hydrogen) atoms. The first-order valence-electron chi connectivity index (χ1n) is 15.6. The first-order chi connectivity index (χ1) is 18.8. The average molecular weight is 550 g/mol. The van der Waals surface area contributed by atoms with Crippen molar-refractivity contribution in [1.82, 2.24) is 4.90 Å². The van der Waals surface area contributed by atoms with Crippen LogP contribution in [0.15, 0.2) is 24.3 Å². The number of hydrogen-bond acceptors (Lipinski definition) is 4. The van der Waals surface area contributed by atoms with Gasteiger partial charge in [0.05, 0.1) is 25.4 Å². The molecule has 2 N–H and O–H groups in total. The van der Waals surface area contributed by atoms with Gasteiger partial charge in [-0.25, -0.2) is 4.79 Å². The number of hydrogen-bond donors (Lipinski definition) is 2. The van der Waals surface area contributed by atoms with Crippen LogP contribution in [0.1, 0.15) is 134 Å². The molecule has 6 heteroatoms. The van der Waals surface area contributed by atoms with Crippen LogP contribution in [0.2, 0.25) is 0 Å². The van der Waals surface area contributed by atoms with Gasteiger partial charge < -0.3 is 24.6 Å². The van der Waals surface area contributed by atoms with Gasteiger partial charge in [-0.15, -0.1) is 0 Å². The number of aliphatic hydroxyl groups is 1. The maximum atomic E-state index is 11.8. The highest BCUT2D eigenvalue weighted by atomic mass is 16.5. The lowest BCUT2D eigenvalue weighted by Crippen LogP contribution is -2.44. The molecule has 0 spiro atoms. The molecule has 6 nitrogen and oxygen atoms in total. The summed E-state index contributed by atoms with van der Waals surface area (Å²) in [5, 5.41) is 18.9. The molecule has 0 fully saturated rings. The van der Waals surface area contributed by atoms with E-state index in [0.717, 1.165) is 30.4 Å². The number of ether oxygens (including phenoxy) is 2. The number of unbranched alkanes of at least 4 members (excludes halogenated alkanes) is 14. The average Bonchev–Trinajstić information content (AvgIpc) is 2.94. The van der Waals surface area contributed by atoms with E-state index in [4.69, 9.17) is 9.47 Å². The zero-order valence-electron chi connectivity index (χ0n) is 25.6. The van der Waals surface area contributed by atoms with Gasteiger partial charge >= 0.3 is 6.09 Å². The van der Waals surface area contributed by atoms with Gasteiger partial charge in [-0.05, 0) is 30.9 Å². The molecule has 1 aromatic carbocycles. The quantitative estimate of drug-likeness (QED) is 0.119. The summed E-state index contributed by atoms with van der Waals surface area (Å²) in [6, 6.07) is 7.58. The molecule has 2 unspecified atom stereocenters. The van der Waals surface area contributed by atoms with E-state index in [9.17, 15) is 15.0 Å². The topological polar surface area (TPSA) is 79.2 Å². The highest BCUT2D eigenvalue weighted by Crippen LogP contribution is 2.25. The van der Waals surface area contributed by atoms with Crippen LogP contribution < -0.4 is 0 Å². The lowest BCUT2D eigenvalue weighted by molar-refractivity contribution is -0.0826. The molecule has 1 amide bonds. The Balaban J connectivity index is 2.28. The van der Waals surface area contributed by atoms with Gasteiger partial charge in [0.1, 0.15) is 0 Å². The predicted molar refractivity (Wildman–Crippen MR) is 161 cm³/mol. The van der Waals surface area contributed by atoms with E-state index in [2.05, 4.69) is 6.92 Å². The van der Waals surface area contributed by atoms with Gasteiger partial charge in [0, 0.05) is 20.2 Å². The maximum Gasteiger partial charge on any atom is 0.407 e. The Labute approximate surface area is 239 Å². The molecule has 0 saturated heterocycles. The number of carbonyl (C=O) groups is 1. The first kappa shape index (κ1) is 35.4. The molecule has 0 aliphatic rings. The van der Waals surface area contributed by atoms with E-state index in [-0.39, 0.29) is 12.6 Å². The molecular weight excluding hydrogens is 490 g/mol. The fraction of sp³-hybridized carbons (Fsp3) is 0.788. The summed E-state index contributed by atoms with van der Waals surface area (Å²) in [7, 11) is 3.34. The van der Waals surface area contributed by atoms with Gasteiger partial charge in [-0.1, -0.05) is 128 Å². The number of methoxy groups -OCH3 is 1. The minimum atomic E-state index is -0.899. The van der Waals surface area contributed by atoms with Crippen molar-refractivity contribution in [2.24, 2.45) is 0 Å². The largest absolute Gasteiger partial charge is 0.465 e. The minimum absolute atomic E-state index is 0.0285. The normalized spacial score (nSPS) is 13.8. The predicted octanol–water partition coefficient (Wildman–Crippen LogP) is 8.73. The first-order valence-corrected chi connectivity index (χ1v) is 15.6. The highest BCUT2D eigenvalue weighted by Gasteiger charge is 2.31. The van der Waals surface area contributed by atoms with Crippen molar-refractivity contribution in [3.8, 4) is 0 Å². The minimum Gasteiger partial charge on any atom is -0.465 e. The number of aliphatic hydroxyl groups excluding tert-OH is 1. The molecule has 0 heterocycles. The monoisotopic (exact) mass is 549 g/mol. The molecular formula is C33H59NO5.